The van der Waals surface area contributed by atoms with Crippen molar-refractivity contribution < 1.29 is 4.52 Å². The molecule has 1 aromatic carbocycles. The summed E-state index contributed by atoms with van der Waals surface area (Å²) in [6.07, 6.45) is 5.94. The molecule has 1 aliphatic rings. The van der Waals surface area contributed by atoms with Crippen LogP contribution < -0.4 is 0 Å². The van der Waals surface area contributed by atoms with Gasteiger partial charge in [-0.15, -0.1) is 0 Å². The Morgan fingerprint density at radius 1 is 1.17 bits per heavy atom. The van der Waals surface area contributed by atoms with Gasteiger partial charge in [-0.3, -0.25) is 9.88 Å². The fraction of sp³-hybridized carbons (Fsp3) is 0.294. The second-order valence-electron chi connectivity index (χ2n) is 5.75. The summed E-state index contributed by atoms with van der Waals surface area (Å²) in [5, 5.41) is 4.03. The molecule has 2 aromatic heterocycles. The van der Waals surface area contributed by atoms with E-state index in [2.05, 4.69) is 49.3 Å². The highest BCUT2D eigenvalue weighted by Crippen LogP contribution is 2.28. The lowest BCUT2D eigenvalue weighted by Gasteiger charge is -2.14. The van der Waals surface area contributed by atoms with Crippen molar-refractivity contribution in [2.45, 2.75) is 18.9 Å². The summed E-state index contributed by atoms with van der Waals surface area (Å²) in [4.78, 5) is 15.2. The number of nitrogens with zero attached hydrogens (tertiary/aromatic N) is 5. The van der Waals surface area contributed by atoms with Crippen molar-refractivity contribution in [2.24, 2.45) is 0 Å². The highest BCUT2D eigenvalue weighted by atomic mass is 16.5. The van der Waals surface area contributed by atoms with Crippen molar-refractivity contribution in [1.29, 1.82) is 0 Å². The fourth-order valence-electron chi connectivity index (χ4n) is 2.94. The van der Waals surface area contributed by atoms with Crippen LogP contribution in [0.25, 0.3) is 11.5 Å². The predicted molar refractivity (Wildman–Crippen MR) is 84.4 cm³/mol. The molecule has 1 fully saturated rings. The zero-order valence-electron chi connectivity index (χ0n) is 12.7. The van der Waals surface area contributed by atoms with E-state index < -0.39 is 0 Å². The van der Waals surface area contributed by atoms with E-state index in [1.54, 1.807) is 18.6 Å². The Hall–Kier alpha value is -2.60. The monoisotopic (exact) mass is 307 g/mol. The molecule has 4 rings (SSSR count). The largest absolute Gasteiger partial charge is 0.339 e. The Morgan fingerprint density at radius 2 is 2.09 bits per heavy atom. The third-order valence-electron chi connectivity index (χ3n) is 4.10. The summed E-state index contributed by atoms with van der Waals surface area (Å²) in [5.74, 6) is 1.49. The van der Waals surface area contributed by atoms with E-state index in [1.165, 1.54) is 5.56 Å². The Labute approximate surface area is 134 Å². The first-order valence-electron chi connectivity index (χ1n) is 7.75. The van der Waals surface area contributed by atoms with Crippen LogP contribution in [0.1, 0.15) is 23.8 Å². The molecule has 1 atom stereocenters. The summed E-state index contributed by atoms with van der Waals surface area (Å²) in [6, 6.07) is 10.5. The number of aromatic nitrogens is 4. The molecule has 0 bridgehead atoms. The molecule has 0 amide bonds. The molecule has 6 nitrogen and oxygen atoms in total. The van der Waals surface area contributed by atoms with Crippen molar-refractivity contribution in [3.05, 3.63) is 60.4 Å². The Kier molecular flexibility index (Phi) is 3.81. The maximum absolute atomic E-state index is 5.45. The minimum atomic E-state index is 0.289. The molecule has 3 aromatic rings. The number of rotatable bonds is 4. The number of hydrogen-bond donors (Lipinski definition) is 0. The standard InChI is InChI=1S/C17H17N5O/c1-2-4-13(5-3-1)11-22-9-6-14(12-22)17-20-16(21-23-17)15-10-18-7-8-19-15/h1-5,7-8,10,14H,6,9,11-12H2. The van der Waals surface area contributed by atoms with E-state index in [0.29, 0.717) is 17.4 Å². The molecule has 0 N–H and O–H groups in total. The lowest BCUT2D eigenvalue weighted by atomic mass is 10.1. The van der Waals surface area contributed by atoms with Gasteiger partial charge in [-0.2, -0.15) is 4.98 Å². The summed E-state index contributed by atoms with van der Waals surface area (Å²) >= 11 is 0. The molecule has 116 valence electrons. The summed E-state index contributed by atoms with van der Waals surface area (Å²) < 4.78 is 5.45. The highest BCUT2D eigenvalue weighted by Gasteiger charge is 2.28. The van der Waals surface area contributed by atoms with Crippen LogP contribution in [0, 0.1) is 0 Å². The quantitative estimate of drug-likeness (QED) is 0.738. The Balaban J connectivity index is 1.43. The Bertz CT molecular complexity index is 759. The molecule has 0 radical (unpaired) electrons. The van der Waals surface area contributed by atoms with E-state index >= 15 is 0 Å². The molecule has 1 aliphatic heterocycles. The second kappa shape index (κ2) is 6.26. The number of benzene rings is 1. The van der Waals surface area contributed by atoms with Gasteiger partial charge in [-0.1, -0.05) is 35.5 Å². The molecule has 6 heteroatoms. The van der Waals surface area contributed by atoms with Gasteiger partial charge in [0.05, 0.1) is 12.1 Å². The van der Waals surface area contributed by atoms with E-state index in [9.17, 15) is 0 Å². The van der Waals surface area contributed by atoms with Gasteiger partial charge in [0, 0.05) is 25.5 Å². The van der Waals surface area contributed by atoms with Crippen molar-refractivity contribution in [3.63, 3.8) is 0 Å². The first-order valence-corrected chi connectivity index (χ1v) is 7.75. The van der Waals surface area contributed by atoms with Gasteiger partial charge >= 0.3 is 0 Å². The van der Waals surface area contributed by atoms with Gasteiger partial charge in [-0.05, 0) is 18.5 Å². The van der Waals surface area contributed by atoms with E-state index in [0.717, 1.165) is 26.1 Å². The van der Waals surface area contributed by atoms with Crippen LogP contribution >= 0.6 is 0 Å². The zero-order valence-corrected chi connectivity index (χ0v) is 12.7. The maximum atomic E-state index is 5.45. The average molecular weight is 307 g/mol. The molecule has 0 aliphatic carbocycles. The van der Waals surface area contributed by atoms with Crippen LogP contribution in [-0.2, 0) is 6.54 Å². The summed E-state index contributed by atoms with van der Waals surface area (Å²) in [6.45, 7) is 2.95. The van der Waals surface area contributed by atoms with Gasteiger partial charge in [0.25, 0.3) is 0 Å². The lowest BCUT2D eigenvalue weighted by molar-refractivity contribution is 0.309. The van der Waals surface area contributed by atoms with Crippen LogP contribution in [-0.4, -0.2) is 38.1 Å². The lowest BCUT2D eigenvalue weighted by Crippen LogP contribution is -2.19. The topological polar surface area (TPSA) is 67.9 Å². The summed E-state index contributed by atoms with van der Waals surface area (Å²) in [5.41, 5.74) is 1.97. The molecule has 23 heavy (non-hydrogen) atoms. The summed E-state index contributed by atoms with van der Waals surface area (Å²) in [7, 11) is 0. The predicted octanol–water partition coefficient (Wildman–Crippen LogP) is 2.52. The van der Waals surface area contributed by atoms with Gasteiger partial charge in [0.1, 0.15) is 5.69 Å². The molecular weight excluding hydrogens is 290 g/mol. The third kappa shape index (κ3) is 3.12. The highest BCUT2D eigenvalue weighted by molar-refractivity contribution is 5.45. The number of likely N-dealkylation sites (tertiary alicyclic amines) is 1. The van der Waals surface area contributed by atoms with Crippen LogP contribution in [0.3, 0.4) is 0 Å². The second-order valence-corrected chi connectivity index (χ2v) is 5.75. The van der Waals surface area contributed by atoms with Gasteiger partial charge < -0.3 is 4.52 Å². The van der Waals surface area contributed by atoms with Crippen molar-refractivity contribution in [1.82, 2.24) is 25.0 Å². The van der Waals surface area contributed by atoms with Gasteiger partial charge in [0.15, 0.2) is 0 Å². The molecule has 0 spiro atoms. The fourth-order valence-corrected chi connectivity index (χ4v) is 2.94. The van der Waals surface area contributed by atoms with Crippen LogP contribution in [0.2, 0.25) is 0 Å². The van der Waals surface area contributed by atoms with E-state index in [4.69, 9.17) is 4.52 Å². The third-order valence-corrected chi connectivity index (χ3v) is 4.10. The minimum Gasteiger partial charge on any atom is -0.339 e. The smallest absolute Gasteiger partial charge is 0.231 e. The van der Waals surface area contributed by atoms with Crippen LogP contribution in [0.5, 0.6) is 0 Å². The zero-order chi connectivity index (χ0) is 15.5. The first kappa shape index (κ1) is 14.0. The van der Waals surface area contributed by atoms with Crippen molar-refractivity contribution in [3.8, 4) is 11.5 Å². The van der Waals surface area contributed by atoms with Crippen molar-refractivity contribution >= 4 is 0 Å². The molecule has 3 heterocycles. The van der Waals surface area contributed by atoms with E-state index in [-0.39, 0.29) is 5.92 Å². The van der Waals surface area contributed by atoms with Crippen LogP contribution in [0.15, 0.2) is 53.4 Å². The van der Waals surface area contributed by atoms with Gasteiger partial charge in [0.2, 0.25) is 11.7 Å². The molecule has 1 saturated heterocycles. The average Bonchev–Trinajstić information content (AvgIpc) is 3.26. The van der Waals surface area contributed by atoms with Crippen molar-refractivity contribution in [2.75, 3.05) is 13.1 Å². The van der Waals surface area contributed by atoms with Gasteiger partial charge in [-0.25, -0.2) is 4.98 Å². The SMILES string of the molecule is c1ccc(CN2CCC(c3nc(-c4cnccn4)no3)C2)cc1. The van der Waals surface area contributed by atoms with E-state index in [1.807, 2.05) is 6.07 Å². The van der Waals surface area contributed by atoms with Crippen LogP contribution in [0.4, 0.5) is 0 Å². The molecule has 0 saturated carbocycles. The minimum absolute atomic E-state index is 0.289. The number of hydrogen-bond acceptors (Lipinski definition) is 6. The normalized spacial score (nSPS) is 18.3. The Morgan fingerprint density at radius 3 is 2.91 bits per heavy atom. The molecule has 1 unspecified atom stereocenters. The maximum Gasteiger partial charge on any atom is 0.231 e. The first-order chi connectivity index (χ1) is 11.4. The molecular formula is C17H17N5O.